The number of nitro groups is 1. The van der Waals surface area contributed by atoms with Gasteiger partial charge in [-0.3, -0.25) is 24.5 Å². The second kappa shape index (κ2) is 7.20. The molecule has 1 aliphatic carbocycles. The zero-order valence-electron chi connectivity index (χ0n) is 14.5. The van der Waals surface area contributed by atoms with Crippen molar-refractivity contribution in [3.63, 3.8) is 0 Å². The Hall–Kier alpha value is -2.81. The van der Waals surface area contributed by atoms with E-state index in [0.29, 0.717) is 5.56 Å². The van der Waals surface area contributed by atoms with Crippen LogP contribution in [0.15, 0.2) is 24.3 Å². The van der Waals surface area contributed by atoms with E-state index in [2.05, 4.69) is 0 Å². The molecular formula is C17H19NO8. The molecular weight excluding hydrogens is 346 g/mol. The number of esters is 2. The van der Waals surface area contributed by atoms with Crippen molar-refractivity contribution in [1.82, 2.24) is 0 Å². The molecule has 0 aliphatic heterocycles. The number of benzene rings is 1. The normalized spacial score (nSPS) is 28.3. The minimum atomic E-state index is -1.75. The lowest BCUT2D eigenvalue weighted by Gasteiger charge is -2.43. The van der Waals surface area contributed by atoms with E-state index >= 15 is 0 Å². The average molecular weight is 365 g/mol. The van der Waals surface area contributed by atoms with Gasteiger partial charge in [0.2, 0.25) is 0 Å². The number of methoxy groups -OCH3 is 2. The van der Waals surface area contributed by atoms with Crippen LogP contribution in [0.3, 0.4) is 0 Å². The molecule has 0 unspecified atom stereocenters. The van der Waals surface area contributed by atoms with Crippen LogP contribution >= 0.6 is 0 Å². The fourth-order valence-electron chi connectivity index (χ4n) is 3.49. The van der Waals surface area contributed by atoms with E-state index in [-0.39, 0.29) is 5.69 Å². The van der Waals surface area contributed by atoms with Gasteiger partial charge in [0.25, 0.3) is 5.69 Å². The largest absolute Gasteiger partial charge is 0.469 e. The summed E-state index contributed by atoms with van der Waals surface area (Å²) in [4.78, 5) is 47.3. The van der Waals surface area contributed by atoms with Crippen LogP contribution < -0.4 is 0 Å². The molecule has 26 heavy (non-hydrogen) atoms. The molecule has 1 aromatic carbocycles. The number of carbonyl (C=O) groups is 3. The highest BCUT2D eigenvalue weighted by atomic mass is 16.6. The maximum atomic E-state index is 12.5. The van der Waals surface area contributed by atoms with Gasteiger partial charge < -0.3 is 14.6 Å². The van der Waals surface area contributed by atoms with Gasteiger partial charge in [-0.05, 0) is 12.5 Å². The van der Waals surface area contributed by atoms with Crippen molar-refractivity contribution >= 4 is 23.4 Å². The number of ether oxygens (including phenoxy) is 2. The summed E-state index contributed by atoms with van der Waals surface area (Å²) in [5, 5.41) is 21.5. The monoisotopic (exact) mass is 365 g/mol. The Labute approximate surface area is 149 Å². The van der Waals surface area contributed by atoms with Gasteiger partial charge in [0.1, 0.15) is 5.92 Å². The third kappa shape index (κ3) is 3.43. The van der Waals surface area contributed by atoms with Crippen molar-refractivity contribution in [2.45, 2.75) is 24.9 Å². The smallest absolute Gasteiger partial charge is 0.316 e. The minimum Gasteiger partial charge on any atom is -0.469 e. The Morgan fingerprint density at radius 2 is 1.73 bits per heavy atom. The maximum Gasteiger partial charge on any atom is 0.316 e. The van der Waals surface area contributed by atoms with E-state index in [0.717, 1.165) is 14.2 Å². The number of carbonyl (C=O) groups excluding carboxylic acids is 3. The molecule has 0 radical (unpaired) electrons. The number of rotatable bonds is 4. The second-order valence-corrected chi connectivity index (χ2v) is 6.38. The number of hydrogen-bond acceptors (Lipinski definition) is 8. The molecule has 1 aromatic rings. The van der Waals surface area contributed by atoms with Crippen LogP contribution in [0.2, 0.25) is 0 Å². The Morgan fingerprint density at radius 3 is 2.19 bits per heavy atom. The number of hydrogen-bond donors (Lipinski definition) is 1. The summed E-state index contributed by atoms with van der Waals surface area (Å²) >= 11 is 0. The van der Waals surface area contributed by atoms with E-state index in [1.54, 1.807) is 0 Å². The van der Waals surface area contributed by atoms with Gasteiger partial charge in [-0.2, -0.15) is 0 Å². The molecule has 2 rings (SSSR count). The highest BCUT2D eigenvalue weighted by Crippen LogP contribution is 2.46. The topological polar surface area (TPSA) is 133 Å². The summed E-state index contributed by atoms with van der Waals surface area (Å²) < 4.78 is 9.47. The second-order valence-electron chi connectivity index (χ2n) is 6.38. The van der Waals surface area contributed by atoms with E-state index < -0.39 is 52.4 Å². The standard InChI is InChI=1S/C17H19NO8/c1-17(22)8-11(19)13(15(20)25-2)12(14(17)16(21)26-3)9-4-6-10(7-5-9)18(23)24/h4-7,12-14,22H,8H2,1-3H3/t12-,13+,14+,17-/m1/s1. The average Bonchev–Trinajstić information content (AvgIpc) is 2.59. The zero-order chi connectivity index (χ0) is 19.6. The molecule has 0 spiro atoms. The van der Waals surface area contributed by atoms with E-state index in [1.165, 1.54) is 31.2 Å². The fraction of sp³-hybridized carbons (Fsp3) is 0.471. The van der Waals surface area contributed by atoms with Crippen LogP contribution in [-0.4, -0.2) is 47.6 Å². The Morgan fingerprint density at radius 1 is 1.19 bits per heavy atom. The number of Topliss-reactive ketones (excluding diaryl/α,β-unsaturated/α-hetero) is 1. The number of nitro benzene ring substituents is 1. The molecule has 1 saturated carbocycles. The Balaban J connectivity index is 2.62. The van der Waals surface area contributed by atoms with Gasteiger partial charge in [-0.25, -0.2) is 0 Å². The molecule has 0 bridgehead atoms. The number of ketones is 1. The predicted molar refractivity (Wildman–Crippen MR) is 87.1 cm³/mol. The first-order valence-electron chi connectivity index (χ1n) is 7.79. The highest BCUT2D eigenvalue weighted by Gasteiger charge is 2.56. The first kappa shape index (κ1) is 19.5. The number of non-ortho nitro benzene ring substituents is 1. The summed E-state index contributed by atoms with van der Waals surface area (Å²) in [7, 11) is 2.25. The molecule has 0 aromatic heterocycles. The van der Waals surface area contributed by atoms with Gasteiger partial charge in [0.05, 0.1) is 30.7 Å². The van der Waals surface area contributed by atoms with Crippen molar-refractivity contribution in [1.29, 1.82) is 0 Å². The van der Waals surface area contributed by atoms with Gasteiger partial charge in [0, 0.05) is 24.5 Å². The van der Waals surface area contributed by atoms with Crippen molar-refractivity contribution in [3.05, 3.63) is 39.9 Å². The van der Waals surface area contributed by atoms with Gasteiger partial charge in [-0.15, -0.1) is 0 Å². The zero-order valence-corrected chi connectivity index (χ0v) is 14.5. The van der Waals surface area contributed by atoms with E-state index in [4.69, 9.17) is 9.47 Å². The number of aliphatic hydroxyl groups is 1. The highest BCUT2D eigenvalue weighted by molar-refractivity contribution is 6.02. The summed E-state index contributed by atoms with van der Waals surface area (Å²) in [6.45, 7) is 1.32. The molecule has 140 valence electrons. The van der Waals surface area contributed by atoms with E-state index in [1.807, 2.05) is 0 Å². The minimum absolute atomic E-state index is 0.188. The lowest BCUT2D eigenvalue weighted by molar-refractivity contribution is -0.384. The van der Waals surface area contributed by atoms with Crippen LogP contribution in [0.4, 0.5) is 5.69 Å². The molecule has 0 heterocycles. The van der Waals surface area contributed by atoms with Crippen LogP contribution in [0.1, 0.15) is 24.8 Å². The van der Waals surface area contributed by atoms with Gasteiger partial charge in [-0.1, -0.05) is 12.1 Å². The summed E-state index contributed by atoms with van der Waals surface area (Å²) in [6, 6.07) is 5.10. The van der Waals surface area contributed by atoms with Crippen LogP contribution in [0, 0.1) is 22.0 Å². The molecule has 1 aliphatic rings. The first-order chi connectivity index (χ1) is 12.1. The molecule has 0 amide bonds. The predicted octanol–water partition coefficient (Wildman–Crippen LogP) is 0.981. The van der Waals surface area contributed by atoms with E-state index in [9.17, 15) is 29.6 Å². The van der Waals surface area contributed by atoms with Crippen LogP contribution in [0.5, 0.6) is 0 Å². The molecule has 1 N–H and O–H groups in total. The summed E-state index contributed by atoms with van der Waals surface area (Å²) in [6.07, 6.45) is -0.421. The van der Waals surface area contributed by atoms with Gasteiger partial charge >= 0.3 is 11.9 Å². The summed E-state index contributed by atoms with van der Waals surface area (Å²) in [5.74, 6) is -5.85. The van der Waals surface area contributed by atoms with Gasteiger partial charge in [0.15, 0.2) is 5.78 Å². The summed E-state index contributed by atoms with van der Waals surface area (Å²) in [5.41, 5.74) is -1.62. The Kier molecular flexibility index (Phi) is 5.41. The first-order valence-corrected chi connectivity index (χ1v) is 7.79. The fourth-order valence-corrected chi connectivity index (χ4v) is 3.49. The third-order valence-corrected chi connectivity index (χ3v) is 4.67. The molecule has 9 heteroatoms. The molecule has 4 atom stereocenters. The van der Waals surface area contributed by atoms with Crippen molar-refractivity contribution in [2.24, 2.45) is 11.8 Å². The SMILES string of the molecule is COC(=O)[C@H]1C(=O)C[C@@](C)(O)[C@H](C(=O)OC)[C@@H]1c1ccc([N+](=O)[O-])cc1. The van der Waals surface area contributed by atoms with Crippen LogP contribution in [0.25, 0.3) is 0 Å². The van der Waals surface area contributed by atoms with Crippen LogP contribution in [-0.2, 0) is 23.9 Å². The van der Waals surface area contributed by atoms with Crippen molar-refractivity contribution in [3.8, 4) is 0 Å². The molecule has 9 nitrogen and oxygen atoms in total. The third-order valence-electron chi connectivity index (χ3n) is 4.67. The number of nitrogens with zero attached hydrogens (tertiary/aromatic N) is 1. The lowest BCUT2D eigenvalue weighted by Crippen LogP contribution is -2.55. The van der Waals surface area contributed by atoms with Crippen molar-refractivity contribution < 1.29 is 33.9 Å². The lowest BCUT2D eigenvalue weighted by atomic mass is 9.62. The van der Waals surface area contributed by atoms with Crippen molar-refractivity contribution in [2.75, 3.05) is 14.2 Å². The quantitative estimate of drug-likeness (QED) is 0.361. The Bertz CT molecular complexity index is 740. The molecule has 0 saturated heterocycles. The maximum absolute atomic E-state index is 12.5. The molecule has 1 fully saturated rings.